The number of ether oxygens (including phenoxy) is 1. The smallest absolute Gasteiger partial charge is 0.126 e. The van der Waals surface area contributed by atoms with E-state index in [0.29, 0.717) is 12.3 Å². The van der Waals surface area contributed by atoms with Crippen LogP contribution in [0.5, 0.6) is 5.75 Å². The molecular weight excluding hydrogens is 181 g/mol. The van der Waals surface area contributed by atoms with Crippen molar-refractivity contribution in [3.8, 4) is 5.75 Å². The third-order valence-electron chi connectivity index (χ3n) is 1.47. The number of rotatable bonds is 2. The molecule has 0 aromatic heterocycles. The molecule has 12 heavy (non-hydrogen) atoms. The molecule has 0 spiro atoms. The summed E-state index contributed by atoms with van der Waals surface area (Å²) in [4.78, 5) is 0. The number of benzene rings is 1. The molecule has 2 nitrogen and oxygen atoms in total. The maximum absolute atomic E-state index is 12.5. The van der Waals surface area contributed by atoms with Crippen LogP contribution >= 0.6 is 12.4 Å². The van der Waals surface area contributed by atoms with E-state index in [4.69, 9.17) is 10.5 Å². The monoisotopic (exact) mass is 191 g/mol. The number of hydrogen-bond donors (Lipinski definition) is 1. The molecule has 2 N–H and O–H groups in total. The topological polar surface area (TPSA) is 35.2 Å². The van der Waals surface area contributed by atoms with Gasteiger partial charge in [0.25, 0.3) is 0 Å². The van der Waals surface area contributed by atoms with E-state index in [1.54, 1.807) is 6.07 Å². The summed E-state index contributed by atoms with van der Waals surface area (Å²) < 4.78 is 17.4. The van der Waals surface area contributed by atoms with Gasteiger partial charge in [0.2, 0.25) is 0 Å². The summed E-state index contributed by atoms with van der Waals surface area (Å²) >= 11 is 0. The highest BCUT2D eigenvalue weighted by Crippen LogP contribution is 2.18. The molecule has 0 aliphatic heterocycles. The Bertz CT molecular complexity index is 255. The molecule has 0 atom stereocenters. The van der Waals surface area contributed by atoms with E-state index in [0.717, 1.165) is 5.56 Å². The molecule has 1 aromatic carbocycles. The van der Waals surface area contributed by atoms with Crippen LogP contribution in [-0.4, -0.2) is 7.11 Å². The van der Waals surface area contributed by atoms with Crippen LogP contribution in [0.2, 0.25) is 0 Å². The van der Waals surface area contributed by atoms with Crippen LogP contribution in [0.15, 0.2) is 18.2 Å². The summed E-state index contributed by atoms with van der Waals surface area (Å²) in [6.07, 6.45) is 0. The van der Waals surface area contributed by atoms with Crippen LogP contribution in [-0.2, 0) is 6.54 Å². The van der Waals surface area contributed by atoms with E-state index in [1.807, 2.05) is 0 Å². The van der Waals surface area contributed by atoms with Gasteiger partial charge in [0.15, 0.2) is 0 Å². The van der Waals surface area contributed by atoms with Gasteiger partial charge in [0.1, 0.15) is 11.6 Å². The first-order chi connectivity index (χ1) is 5.27. The van der Waals surface area contributed by atoms with Crippen LogP contribution in [0.4, 0.5) is 4.39 Å². The molecule has 4 heteroatoms. The van der Waals surface area contributed by atoms with Crippen LogP contribution in [0.1, 0.15) is 5.56 Å². The van der Waals surface area contributed by atoms with E-state index in [1.165, 1.54) is 19.2 Å². The number of nitrogens with two attached hydrogens (primary N) is 1. The summed E-state index contributed by atoms with van der Waals surface area (Å²) in [6, 6.07) is 4.31. The lowest BCUT2D eigenvalue weighted by Gasteiger charge is -2.04. The molecule has 0 saturated carbocycles. The molecule has 0 radical (unpaired) electrons. The van der Waals surface area contributed by atoms with E-state index < -0.39 is 0 Å². The number of halogens is 2. The van der Waals surface area contributed by atoms with Crippen molar-refractivity contribution in [3.05, 3.63) is 29.6 Å². The third kappa shape index (κ3) is 2.36. The average molecular weight is 192 g/mol. The molecule has 1 aromatic rings. The fourth-order valence-corrected chi connectivity index (χ4v) is 0.887. The fourth-order valence-electron chi connectivity index (χ4n) is 0.887. The van der Waals surface area contributed by atoms with Gasteiger partial charge in [0.05, 0.1) is 7.11 Å². The minimum absolute atomic E-state index is 0. The van der Waals surface area contributed by atoms with E-state index in [-0.39, 0.29) is 18.2 Å². The van der Waals surface area contributed by atoms with Crippen molar-refractivity contribution in [1.82, 2.24) is 0 Å². The maximum Gasteiger partial charge on any atom is 0.126 e. The number of methoxy groups -OCH3 is 1. The molecule has 0 fully saturated rings. The summed E-state index contributed by atoms with van der Waals surface area (Å²) in [5.74, 6) is 0.201. The van der Waals surface area contributed by atoms with Crippen molar-refractivity contribution >= 4 is 12.4 Å². The first kappa shape index (κ1) is 11.2. The lowest BCUT2D eigenvalue weighted by atomic mass is 10.2. The SMILES string of the molecule is COc1cc(F)ccc1CN.Cl. The lowest BCUT2D eigenvalue weighted by Crippen LogP contribution is -1.99. The van der Waals surface area contributed by atoms with Crippen molar-refractivity contribution in [2.24, 2.45) is 5.73 Å². The van der Waals surface area contributed by atoms with Gasteiger partial charge in [0, 0.05) is 18.2 Å². The molecule has 0 unspecified atom stereocenters. The molecule has 1 rings (SSSR count). The van der Waals surface area contributed by atoms with Crippen LogP contribution < -0.4 is 10.5 Å². The van der Waals surface area contributed by atoms with Crippen LogP contribution in [0.25, 0.3) is 0 Å². The summed E-state index contributed by atoms with van der Waals surface area (Å²) in [6.45, 7) is 0.365. The first-order valence-corrected chi connectivity index (χ1v) is 3.30. The van der Waals surface area contributed by atoms with Crippen molar-refractivity contribution in [1.29, 1.82) is 0 Å². The molecule has 0 amide bonds. The molecule has 0 aliphatic rings. The fraction of sp³-hybridized carbons (Fsp3) is 0.250. The molecule has 0 aliphatic carbocycles. The second-order valence-corrected chi connectivity index (χ2v) is 2.16. The van der Waals surface area contributed by atoms with E-state index in [2.05, 4.69) is 0 Å². The highest BCUT2D eigenvalue weighted by atomic mass is 35.5. The van der Waals surface area contributed by atoms with Gasteiger partial charge in [-0.05, 0) is 6.07 Å². The van der Waals surface area contributed by atoms with Gasteiger partial charge < -0.3 is 10.5 Å². The highest BCUT2D eigenvalue weighted by Gasteiger charge is 2.00. The Morgan fingerprint density at radius 2 is 2.17 bits per heavy atom. The zero-order valence-corrected chi connectivity index (χ0v) is 7.53. The summed E-state index contributed by atoms with van der Waals surface area (Å²) in [7, 11) is 1.49. The Kier molecular flexibility index (Phi) is 4.62. The summed E-state index contributed by atoms with van der Waals surface area (Å²) in [5.41, 5.74) is 6.19. The molecule has 68 valence electrons. The molecule has 0 bridgehead atoms. The normalized spacial score (nSPS) is 8.92. The number of hydrogen-bond acceptors (Lipinski definition) is 2. The maximum atomic E-state index is 12.5. The first-order valence-electron chi connectivity index (χ1n) is 3.30. The van der Waals surface area contributed by atoms with Crippen LogP contribution in [0.3, 0.4) is 0 Å². The zero-order valence-electron chi connectivity index (χ0n) is 6.71. The highest BCUT2D eigenvalue weighted by molar-refractivity contribution is 5.85. The second-order valence-electron chi connectivity index (χ2n) is 2.16. The Morgan fingerprint density at radius 3 is 2.67 bits per heavy atom. The van der Waals surface area contributed by atoms with Crippen molar-refractivity contribution < 1.29 is 9.13 Å². The average Bonchev–Trinajstić information content (AvgIpc) is 2.04. The Labute approximate surface area is 76.9 Å². The Balaban J connectivity index is 0.00000121. The second kappa shape index (κ2) is 4.95. The predicted octanol–water partition coefficient (Wildman–Crippen LogP) is 1.71. The zero-order chi connectivity index (χ0) is 8.27. The Morgan fingerprint density at radius 1 is 1.50 bits per heavy atom. The Hall–Kier alpha value is -0.800. The molecule has 0 saturated heterocycles. The lowest BCUT2D eigenvalue weighted by molar-refractivity contribution is 0.406. The van der Waals surface area contributed by atoms with Gasteiger partial charge in [-0.2, -0.15) is 0 Å². The molecule has 0 heterocycles. The third-order valence-corrected chi connectivity index (χ3v) is 1.47. The minimum Gasteiger partial charge on any atom is -0.496 e. The van der Waals surface area contributed by atoms with Gasteiger partial charge in [-0.3, -0.25) is 0 Å². The van der Waals surface area contributed by atoms with Gasteiger partial charge in [-0.25, -0.2) is 4.39 Å². The van der Waals surface area contributed by atoms with Gasteiger partial charge >= 0.3 is 0 Å². The van der Waals surface area contributed by atoms with Crippen molar-refractivity contribution in [3.63, 3.8) is 0 Å². The minimum atomic E-state index is -0.306. The van der Waals surface area contributed by atoms with Crippen molar-refractivity contribution in [2.45, 2.75) is 6.54 Å². The van der Waals surface area contributed by atoms with Crippen LogP contribution in [0, 0.1) is 5.82 Å². The summed E-state index contributed by atoms with van der Waals surface area (Å²) in [5, 5.41) is 0. The largest absolute Gasteiger partial charge is 0.496 e. The standard InChI is InChI=1S/C8H10FNO.ClH/c1-11-8-4-7(9)3-2-6(8)5-10;/h2-4H,5,10H2,1H3;1H. The van der Waals surface area contributed by atoms with E-state index >= 15 is 0 Å². The molecular formula is C8H11ClFNO. The van der Waals surface area contributed by atoms with Crippen molar-refractivity contribution in [2.75, 3.05) is 7.11 Å². The van der Waals surface area contributed by atoms with Gasteiger partial charge in [-0.1, -0.05) is 6.07 Å². The van der Waals surface area contributed by atoms with Gasteiger partial charge in [-0.15, -0.1) is 12.4 Å². The van der Waals surface area contributed by atoms with E-state index in [9.17, 15) is 4.39 Å². The quantitative estimate of drug-likeness (QED) is 0.773. The predicted molar refractivity (Wildman–Crippen MR) is 48.1 cm³/mol.